The molecule has 3 aliphatic carbocycles. The smallest absolute Gasteiger partial charge is 0.408 e. The Morgan fingerprint density at radius 3 is 2.10 bits per heavy atom. The number of ether oxygens (including phenoxy) is 7. The van der Waals surface area contributed by atoms with Crippen molar-refractivity contribution in [2.45, 2.75) is 128 Å². The molecule has 0 radical (unpaired) electrons. The maximum Gasteiger partial charge on any atom is 0.408 e. The van der Waals surface area contributed by atoms with Gasteiger partial charge in [-0.05, 0) is 75.3 Å². The molecule has 6 rings (SSSR count). The van der Waals surface area contributed by atoms with Crippen molar-refractivity contribution in [3.63, 3.8) is 0 Å². The number of alkyl carbamates (subject to hydrolysis) is 1. The van der Waals surface area contributed by atoms with Crippen molar-refractivity contribution in [1.29, 1.82) is 0 Å². The van der Waals surface area contributed by atoms with Gasteiger partial charge in [0, 0.05) is 27.6 Å². The third-order valence-corrected chi connectivity index (χ3v) is 13.0. The molecule has 2 bridgehead atoms. The van der Waals surface area contributed by atoms with Crippen molar-refractivity contribution < 1.29 is 67.3 Å². The van der Waals surface area contributed by atoms with E-state index in [1.165, 1.54) is 33.3 Å². The summed E-state index contributed by atoms with van der Waals surface area (Å²) in [6, 6.07) is 14.9. The topological polar surface area (TPSA) is 205 Å². The minimum atomic E-state index is -2.47. The van der Waals surface area contributed by atoms with Crippen molar-refractivity contribution in [2.75, 3.05) is 20.8 Å². The first-order valence-electron chi connectivity index (χ1n) is 20.1. The number of Topliss-reactive ketones (excluding diaryl/α,β-unsaturated/α-hetero) is 1. The molecule has 3 fully saturated rings. The Balaban J connectivity index is 1.52. The van der Waals surface area contributed by atoms with E-state index >= 15 is 9.90 Å². The second-order valence-electron chi connectivity index (χ2n) is 18.0. The molecule has 60 heavy (non-hydrogen) atoms. The molecular formula is C45H56NO14-. The Bertz CT molecular complexity index is 2010. The van der Waals surface area contributed by atoms with Gasteiger partial charge in [-0.25, -0.2) is 14.4 Å². The Kier molecular flexibility index (Phi) is 12.2. The fourth-order valence-electron chi connectivity index (χ4n) is 10.0. The number of aliphatic hydroxyl groups excluding tert-OH is 1. The highest BCUT2D eigenvalue weighted by atomic mass is 16.6. The Hall–Kier alpha value is -4.67. The zero-order valence-electron chi connectivity index (χ0n) is 35.8. The van der Waals surface area contributed by atoms with Crippen LogP contribution in [0.15, 0.2) is 71.8 Å². The van der Waals surface area contributed by atoms with E-state index in [2.05, 4.69) is 5.32 Å². The number of esters is 3. The summed E-state index contributed by atoms with van der Waals surface area (Å²) < 4.78 is 42.1. The number of carbonyl (C=O) groups is 5. The maximum atomic E-state index is 16.7. The second kappa shape index (κ2) is 16.3. The van der Waals surface area contributed by atoms with Crippen LogP contribution in [-0.2, 0) is 47.5 Å². The standard InChI is InChI=1S/C45H56NO14/c1-24-28(57-39(51)33(48)32(26-17-13-11-14-18-26)46-40(52)60-41(3,4)5)22-45(53)37(58-38(50)27-19-15-12-16-20-27)35-43(8,36(49)34(55-10)31(24)42(45,6)7)29(54-9)21-30-44(35,23-56-30)59-25(2)47/h11-20,28-30,32-35,37,48H,21-23H2,1-10H3,(H,46,52)/q-1/t28-,29-,30+,32-,33+,34+,35?,37-,43+,44-,45+/m0/s1. The van der Waals surface area contributed by atoms with Crippen molar-refractivity contribution in [2.24, 2.45) is 16.7 Å². The van der Waals surface area contributed by atoms with E-state index < -0.39 is 112 Å². The molecule has 2 aromatic carbocycles. The molecule has 15 nitrogen and oxygen atoms in total. The van der Waals surface area contributed by atoms with Gasteiger partial charge in [0.2, 0.25) is 0 Å². The third-order valence-electron chi connectivity index (χ3n) is 13.0. The number of benzene rings is 2. The van der Waals surface area contributed by atoms with Crippen LogP contribution in [0, 0.1) is 16.7 Å². The van der Waals surface area contributed by atoms with E-state index in [1.807, 2.05) is 0 Å². The van der Waals surface area contributed by atoms with E-state index in [4.69, 9.17) is 33.2 Å². The minimum absolute atomic E-state index is 0.101. The lowest BCUT2D eigenvalue weighted by Crippen LogP contribution is -2.83. The summed E-state index contributed by atoms with van der Waals surface area (Å²) in [4.78, 5) is 70.0. The van der Waals surface area contributed by atoms with Crippen LogP contribution in [0.3, 0.4) is 0 Å². The monoisotopic (exact) mass is 834 g/mol. The number of hydrogen-bond acceptors (Lipinski definition) is 14. The van der Waals surface area contributed by atoms with Gasteiger partial charge in [-0.3, -0.25) is 9.59 Å². The summed E-state index contributed by atoms with van der Waals surface area (Å²) in [6.45, 7) is 12.5. The van der Waals surface area contributed by atoms with E-state index in [0.29, 0.717) is 11.1 Å². The lowest BCUT2D eigenvalue weighted by molar-refractivity contribution is -0.535. The molecule has 1 aliphatic heterocycles. The second-order valence-corrected chi connectivity index (χ2v) is 18.0. The van der Waals surface area contributed by atoms with Crippen LogP contribution in [0.4, 0.5) is 4.79 Å². The molecule has 4 aliphatic rings. The molecule has 0 aromatic heterocycles. The maximum absolute atomic E-state index is 16.7. The average molecular weight is 835 g/mol. The fourth-order valence-corrected chi connectivity index (χ4v) is 10.0. The molecule has 11 atom stereocenters. The van der Waals surface area contributed by atoms with Crippen molar-refractivity contribution in [3.05, 3.63) is 82.9 Å². The van der Waals surface area contributed by atoms with Crippen LogP contribution in [0.5, 0.6) is 0 Å². The first-order chi connectivity index (χ1) is 28.1. The van der Waals surface area contributed by atoms with Gasteiger partial charge in [-0.15, -0.1) is 0 Å². The van der Waals surface area contributed by atoms with Gasteiger partial charge in [0.15, 0.2) is 17.5 Å². The highest BCUT2D eigenvalue weighted by Crippen LogP contribution is 2.64. The van der Waals surface area contributed by atoms with Crippen LogP contribution in [-0.4, -0.2) is 109 Å². The highest BCUT2D eigenvalue weighted by molar-refractivity contribution is 5.94. The number of aliphatic hydroxyl groups is 1. The number of nitrogens with one attached hydrogen (secondary N) is 1. The predicted molar refractivity (Wildman–Crippen MR) is 211 cm³/mol. The summed E-state index contributed by atoms with van der Waals surface area (Å²) in [5.41, 5.74) is -7.31. The third kappa shape index (κ3) is 7.52. The Labute approximate surface area is 350 Å². The normalized spacial score (nSPS) is 33.0. The molecule has 0 spiro atoms. The van der Waals surface area contributed by atoms with E-state index in [9.17, 15) is 24.3 Å². The molecular weight excluding hydrogens is 778 g/mol. The number of methoxy groups -OCH3 is 2. The molecule has 2 saturated carbocycles. The fraction of sp³-hybridized carbons (Fsp3) is 0.578. The molecule has 1 unspecified atom stereocenters. The first-order valence-corrected chi connectivity index (χ1v) is 20.1. The van der Waals surface area contributed by atoms with Crippen LogP contribution in [0.2, 0.25) is 0 Å². The van der Waals surface area contributed by atoms with E-state index in [-0.39, 0.29) is 24.2 Å². The number of hydrogen-bond donors (Lipinski definition) is 2. The summed E-state index contributed by atoms with van der Waals surface area (Å²) in [5, 5.41) is 30.9. The van der Waals surface area contributed by atoms with Crippen molar-refractivity contribution in [3.8, 4) is 0 Å². The molecule has 15 heteroatoms. The van der Waals surface area contributed by atoms with Crippen LogP contribution >= 0.6 is 0 Å². The van der Waals surface area contributed by atoms with Crippen LogP contribution < -0.4 is 10.4 Å². The number of rotatable bonds is 10. The Morgan fingerprint density at radius 2 is 1.57 bits per heavy atom. The quantitative estimate of drug-likeness (QED) is 0.198. The molecule has 2 aromatic rings. The largest absolute Gasteiger partial charge is 0.846 e. The minimum Gasteiger partial charge on any atom is -0.846 e. The lowest BCUT2D eigenvalue weighted by Gasteiger charge is -2.71. The zero-order valence-corrected chi connectivity index (χ0v) is 35.8. The molecule has 326 valence electrons. The Morgan fingerprint density at radius 1 is 0.950 bits per heavy atom. The van der Waals surface area contributed by atoms with Gasteiger partial charge in [0.05, 0.1) is 35.6 Å². The summed E-state index contributed by atoms with van der Waals surface area (Å²) >= 11 is 0. The van der Waals surface area contributed by atoms with Crippen LogP contribution in [0.25, 0.3) is 0 Å². The van der Waals surface area contributed by atoms with E-state index in [1.54, 1.807) is 97.0 Å². The summed E-state index contributed by atoms with van der Waals surface area (Å²) in [6.07, 6.45) is -9.74. The van der Waals surface area contributed by atoms with Gasteiger partial charge in [-0.2, -0.15) is 0 Å². The predicted octanol–water partition coefficient (Wildman–Crippen LogP) is 3.94. The lowest BCUT2D eigenvalue weighted by atomic mass is 9.44. The average Bonchev–Trinajstić information content (AvgIpc) is 3.18. The summed E-state index contributed by atoms with van der Waals surface area (Å²) in [7, 11) is 2.75. The summed E-state index contributed by atoms with van der Waals surface area (Å²) in [5.74, 6) is -4.70. The molecule has 1 amide bonds. The number of amides is 1. The molecule has 1 heterocycles. The van der Waals surface area contributed by atoms with Gasteiger partial charge < -0.3 is 48.7 Å². The number of ketones is 1. The molecule has 2 N–H and O–H groups in total. The SMILES string of the molecule is CO[C@H]1C(=O)[C@@]2(C)C([C@H](OC(=O)c3ccccc3)[C@]3([O-])C[C@H](OC(=O)[C@H](O)[C@@H](NC(=O)OC(C)(C)C)c4ccccc4)C(C)=C1C3(C)C)[C@]1(OC(C)=O)CO[C@@H]1C[C@@H]2OC. The van der Waals surface area contributed by atoms with Gasteiger partial charge in [0.1, 0.15) is 30.0 Å². The van der Waals surface area contributed by atoms with Gasteiger partial charge >= 0.3 is 24.0 Å². The number of carbonyl (C=O) groups excluding carboxylic acids is 5. The molecule has 1 saturated heterocycles. The van der Waals surface area contributed by atoms with Gasteiger partial charge in [-0.1, -0.05) is 68.0 Å². The van der Waals surface area contributed by atoms with Crippen molar-refractivity contribution in [1.82, 2.24) is 5.32 Å². The van der Waals surface area contributed by atoms with E-state index in [0.717, 1.165) is 0 Å². The van der Waals surface area contributed by atoms with Crippen molar-refractivity contribution >= 4 is 29.8 Å². The van der Waals surface area contributed by atoms with Crippen LogP contribution in [0.1, 0.15) is 90.2 Å². The zero-order chi connectivity index (χ0) is 44.2. The number of fused-ring (bicyclic) bond motifs is 5. The first kappa shape index (κ1) is 44.9. The van der Waals surface area contributed by atoms with Gasteiger partial charge in [0.25, 0.3) is 0 Å². The highest BCUT2D eigenvalue weighted by Gasteiger charge is 2.76.